The number of nitrogens with one attached hydrogen (secondary N) is 1. The number of fused-ring (bicyclic) bond motifs is 1. The summed E-state index contributed by atoms with van der Waals surface area (Å²) in [7, 11) is 1.53. The van der Waals surface area contributed by atoms with Crippen LogP contribution in [0.3, 0.4) is 0 Å². The van der Waals surface area contributed by atoms with Crippen molar-refractivity contribution in [1.82, 2.24) is 0 Å². The van der Waals surface area contributed by atoms with Crippen molar-refractivity contribution in [1.29, 1.82) is 0 Å². The summed E-state index contributed by atoms with van der Waals surface area (Å²) in [6.45, 7) is 3.16. The van der Waals surface area contributed by atoms with Crippen molar-refractivity contribution >= 4 is 28.5 Å². The molecule has 0 atom stereocenters. The largest absolute Gasteiger partial charge is 0.496 e. The number of carbonyl (C=O) groups excluding carboxylic acids is 2. The number of benzene rings is 2. The van der Waals surface area contributed by atoms with Gasteiger partial charge in [0.05, 0.1) is 12.7 Å². The van der Waals surface area contributed by atoms with E-state index in [2.05, 4.69) is 5.32 Å². The van der Waals surface area contributed by atoms with E-state index < -0.39 is 11.6 Å². The van der Waals surface area contributed by atoms with E-state index in [0.29, 0.717) is 33.5 Å². The Bertz CT molecular complexity index is 1120. The van der Waals surface area contributed by atoms with Crippen LogP contribution in [0.5, 0.6) is 5.75 Å². The Morgan fingerprint density at radius 1 is 1.11 bits per heavy atom. The molecule has 3 aromatic rings. The number of aryl methyl sites for hydroxylation is 1. The van der Waals surface area contributed by atoms with Crippen molar-refractivity contribution < 1.29 is 23.5 Å². The summed E-state index contributed by atoms with van der Waals surface area (Å²) in [6.07, 6.45) is 0. The van der Waals surface area contributed by atoms with Crippen LogP contribution in [0.1, 0.15) is 28.4 Å². The predicted molar refractivity (Wildman–Crippen MR) is 104 cm³/mol. The van der Waals surface area contributed by atoms with Crippen molar-refractivity contribution in [3.05, 3.63) is 69.6 Å². The van der Waals surface area contributed by atoms with Crippen LogP contribution in [-0.4, -0.2) is 19.0 Å². The number of hydrogen-bond acceptors (Lipinski definition) is 6. The van der Waals surface area contributed by atoms with Gasteiger partial charge in [-0.25, -0.2) is 9.59 Å². The fourth-order valence-corrected chi connectivity index (χ4v) is 2.80. The molecule has 0 fully saturated rings. The highest BCUT2D eigenvalue weighted by Gasteiger charge is 2.13. The molecule has 1 N–H and O–H groups in total. The maximum absolute atomic E-state index is 12.4. The van der Waals surface area contributed by atoms with E-state index in [1.54, 1.807) is 36.4 Å². The van der Waals surface area contributed by atoms with Crippen molar-refractivity contribution in [3.8, 4) is 5.75 Å². The minimum absolute atomic E-state index is 0.101. The summed E-state index contributed by atoms with van der Waals surface area (Å²) in [6, 6.07) is 11.2. The third-order valence-corrected chi connectivity index (χ3v) is 4.15. The molecule has 0 bridgehead atoms. The minimum atomic E-state index is -0.574. The first-order valence-electron chi connectivity index (χ1n) is 8.53. The van der Waals surface area contributed by atoms with Gasteiger partial charge in [0, 0.05) is 35.7 Å². The number of methoxy groups -OCH3 is 1. The molecular formula is C21H19NO6. The molecule has 28 heavy (non-hydrogen) atoms. The van der Waals surface area contributed by atoms with Crippen molar-refractivity contribution in [2.24, 2.45) is 0 Å². The van der Waals surface area contributed by atoms with Gasteiger partial charge in [-0.2, -0.15) is 0 Å². The third-order valence-electron chi connectivity index (χ3n) is 4.15. The van der Waals surface area contributed by atoms with Crippen LogP contribution in [0.25, 0.3) is 11.0 Å². The van der Waals surface area contributed by atoms with Crippen LogP contribution >= 0.6 is 0 Å². The average molecular weight is 381 g/mol. The van der Waals surface area contributed by atoms with Crippen LogP contribution in [0, 0.1) is 6.92 Å². The summed E-state index contributed by atoms with van der Waals surface area (Å²) >= 11 is 0. The molecule has 0 aliphatic heterocycles. The van der Waals surface area contributed by atoms with E-state index in [-0.39, 0.29) is 12.5 Å². The van der Waals surface area contributed by atoms with E-state index in [9.17, 15) is 14.4 Å². The van der Waals surface area contributed by atoms with Gasteiger partial charge in [0.25, 0.3) is 0 Å². The number of carbonyl (C=O) groups is 2. The van der Waals surface area contributed by atoms with Gasteiger partial charge < -0.3 is 19.2 Å². The number of amides is 1. The maximum Gasteiger partial charge on any atom is 0.338 e. The molecule has 0 saturated heterocycles. The van der Waals surface area contributed by atoms with Crippen LogP contribution in [0.15, 0.2) is 51.7 Å². The zero-order chi connectivity index (χ0) is 20.3. The van der Waals surface area contributed by atoms with E-state index >= 15 is 0 Å². The lowest BCUT2D eigenvalue weighted by molar-refractivity contribution is -0.114. The van der Waals surface area contributed by atoms with Gasteiger partial charge in [-0.1, -0.05) is 6.07 Å². The Labute approximate surface area is 160 Å². The minimum Gasteiger partial charge on any atom is -0.496 e. The molecule has 1 heterocycles. The Morgan fingerprint density at radius 3 is 2.61 bits per heavy atom. The topological polar surface area (TPSA) is 94.8 Å². The van der Waals surface area contributed by atoms with E-state index in [0.717, 1.165) is 5.56 Å². The second kappa shape index (κ2) is 7.96. The molecule has 7 nitrogen and oxygen atoms in total. The first kappa shape index (κ1) is 19.2. The molecule has 0 aliphatic carbocycles. The molecule has 0 radical (unpaired) electrons. The number of rotatable bonds is 5. The van der Waals surface area contributed by atoms with Crippen LogP contribution in [0.2, 0.25) is 0 Å². The normalized spacial score (nSPS) is 10.5. The average Bonchev–Trinajstić information content (AvgIpc) is 2.65. The monoisotopic (exact) mass is 381 g/mol. The fourth-order valence-electron chi connectivity index (χ4n) is 2.80. The van der Waals surface area contributed by atoms with Crippen LogP contribution in [-0.2, 0) is 16.1 Å². The summed E-state index contributed by atoms with van der Waals surface area (Å²) in [5.41, 5.74) is 1.98. The number of esters is 1. The lowest BCUT2D eigenvalue weighted by Gasteiger charge is -2.10. The molecular weight excluding hydrogens is 362 g/mol. The van der Waals surface area contributed by atoms with Gasteiger partial charge in [0.1, 0.15) is 17.9 Å². The van der Waals surface area contributed by atoms with Crippen LogP contribution in [0.4, 0.5) is 5.69 Å². The van der Waals surface area contributed by atoms with Gasteiger partial charge in [-0.05, 0) is 36.8 Å². The standard InChI is InChI=1S/C21H19NO6/c1-12-4-5-14(8-18(12)26-3)21(25)27-11-15-9-20(24)28-19-10-16(22-13(2)23)6-7-17(15)19/h4-10H,11H2,1-3H3,(H,22,23). The number of anilines is 1. The molecule has 1 amide bonds. The smallest absolute Gasteiger partial charge is 0.338 e. The molecule has 0 unspecified atom stereocenters. The van der Waals surface area contributed by atoms with Gasteiger partial charge in [-0.15, -0.1) is 0 Å². The Kier molecular flexibility index (Phi) is 5.44. The predicted octanol–water partition coefficient (Wildman–Crippen LogP) is 3.43. The Balaban J connectivity index is 1.84. The highest BCUT2D eigenvalue weighted by molar-refractivity contribution is 5.92. The highest BCUT2D eigenvalue weighted by Crippen LogP contribution is 2.23. The summed E-state index contributed by atoms with van der Waals surface area (Å²) in [5, 5.41) is 3.24. The van der Waals surface area contributed by atoms with Gasteiger partial charge >= 0.3 is 11.6 Å². The molecule has 144 valence electrons. The maximum atomic E-state index is 12.4. The van der Waals surface area contributed by atoms with Crippen LogP contribution < -0.4 is 15.7 Å². The fraction of sp³-hybridized carbons (Fsp3) is 0.190. The molecule has 2 aromatic carbocycles. The molecule has 1 aromatic heterocycles. The highest BCUT2D eigenvalue weighted by atomic mass is 16.5. The van der Waals surface area contributed by atoms with E-state index in [1.807, 2.05) is 6.92 Å². The lowest BCUT2D eigenvalue weighted by atomic mass is 10.1. The molecule has 0 spiro atoms. The van der Waals surface area contributed by atoms with E-state index in [4.69, 9.17) is 13.9 Å². The molecule has 0 aliphatic rings. The summed E-state index contributed by atoms with van der Waals surface area (Å²) in [4.78, 5) is 35.4. The second-order valence-electron chi connectivity index (χ2n) is 6.24. The van der Waals surface area contributed by atoms with Gasteiger partial charge in [0.2, 0.25) is 5.91 Å². The third kappa shape index (κ3) is 4.20. The summed E-state index contributed by atoms with van der Waals surface area (Å²) < 4.78 is 15.8. The molecule has 3 rings (SSSR count). The van der Waals surface area contributed by atoms with Crippen molar-refractivity contribution in [2.45, 2.75) is 20.5 Å². The quantitative estimate of drug-likeness (QED) is 0.537. The van der Waals surface area contributed by atoms with Crippen molar-refractivity contribution in [2.75, 3.05) is 12.4 Å². The zero-order valence-corrected chi connectivity index (χ0v) is 15.7. The van der Waals surface area contributed by atoms with Gasteiger partial charge in [0.15, 0.2) is 0 Å². The first-order chi connectivity index (χ1) is 13.4. The summed E-state index contributed by atoms with van der Waals surface area (Å²) in [5.74, 6) is -0.180. The molecule has 0 saturated carbocycles. The first-order valence-corrected chi connectivity index (χ1v) is 8.53. The number of hydrogen-bond donors (Lipinski definition) is 1. The second-order valence-corrected chi connectivity index (χ2v) is 6.24. The lowest BCUT2D eigenvalue weighted by Crippen LogP contribution is -2.09. The van der Waals surface area contributed by atoms with Gasteiger partial charge in [-0.3, -0.25) is 4.79 Å². The Morgan fingerprint density at radius 2 is 1.89 bits per heavy atom. The van der Waals surface area contributed by atoms with E-state index in [1.165, 1.54) is 20.1 Å². The SMILES string of the molecule is COc1cc(C(=O)OCc2cc(=O)oc3cc(NC(C)=O)ccc23)ccc1C. The number of ether oxygens (including phenoxy) is 2. The Hall–Kier alpha value is -3.61. The molecule has 7 heteroatoms. The zero-order valence-electron chi connectivity index (χ0n) is 15.7. The van der Waals surface area contributed by atoms with Crippen molar-refractivity contribution in [3.63, 3.8) is 0 Å².